The van der Waals surface area contributed by atoms with E-state index in [9.17, 15) is 9.90 Å². The minimum absolute atomic E-state index is 0.103. The second kappa shape index (κ2) is 11.6. The van der Waals surface area contributed by atoms with Gasteiger partial charge in [-0.2, -0.15) is 0 Å². The molecule has 2 saturated carbocycles. The van der Waals surface area contributed by atoms with E-state index in [4.69, 9.17) is 15.5 Å². The average molecular weight is 475 g/mol. The number of rotatable bonds is 10. The van der Waals surface area contributed by atoms with Crippen molar-refractivity contribution in [3.8, 4) is 16.9 Å². The molecule has 3 N–H and O–H groups in total. The van der Waals surface area contributed by atoms with Gasteiger partial charge in [-0.15, -0.1) is 0 Å². The molecule has 0 aliphatic heterocycles. The number of aliphatic imine (C=N–C) groups is 1. The summed E-state index contributed by atoms with van der Waals surface area (Å²) in [7, 11) is 0. The summed E-state index contributed by atoms with van der Waals surface area (Å²) >= 11 is 0. The van der Waals surface area contributed by atoms with Crippen LogP contribution in [0.4, 0.5) is 5.69 Å². The highest BCUT2D eigenvalue weighted by atomic mass is 16.5. The van der Waals surface area contributed by atoms with Crippen molar-refractivity contribution >= 4 is 17.4 Å². The number of carboxylic acid groups (broad SMARTS) is 1. The zero-order valence-corrected chi connectivity index (χ0v) is 21.0. The van der Waals surface area contributed by atoms with Gasteiger partial charge in [-0.3, -0.25) is 4.99 Å². The lowest BCUT2D eigenvalue weighted by Gasteiger charge is -2.28. The third kappa shape index (κ3) is 6.33. The van der Waals surface area contributed by atoms with Crippen molar-refractivity contribution in [2.24, 2.45) is 28.5 Å². The second-order valence-electron chi connectivity index (χ2n) is 10.1. The number of hydrogen-bond acceptors (Lipinski definition) is 4. The van der Waals surface area contributed by atoms with Crippen molar-refractivity contribution in [2.45, 2.75) is 71.3 Å². The molecular weight excluding hydrogens is 436 g/mol. The van der Waals surface area contributed by atoms with E-state index in [0.717, 1.165) is 41.8 Å². The third-order valence-corrected chi connectivity index (χ3v) is 7.51. The van der Waals surface area contributed by atoms with Gasteiger partial charge in [0.05, 0.1) is 23.1 Å². The number of ether oxygens (including phenoxy) is 1. The molecule has 0 heterocycles. The minimum Gasteiger partial charge on any atom is -0.490 e. The summed E-state index contributed by atoms with van der Waals surface area (Å²) < 4.78 is 6.34. The van der Waals surface area contributed by atoms with Crippen LogP contribution in [0.15, 0.2) is 65.3 Å². The van der Waals surface area contributed by atoms with Crippen LogP contribution in [0.3, 0.4) is 0 Å². The van der Waals surface area contributed by atoms with E-state index in [-0.39, 0.29) is 17.6 Å². The molecule has 0 saturated heterocycles. The van der Waals surface area contributed by atoms with Crippen molar-refractivity contribution in [3.05, 3.63) is 60.3 Å². The number of benzene rings is 2. The molecule has 0 bridgehead atoms. The fourth-order valence-electron chi connectivity index (χ4n) is 5.44. The van der Waals surface area contributed by atoms with Crippen LogP contribution in [0.2, 0.25) is 0 Å². The van der Waals surface area contributed by atoms with Gasteiger partial charge in [-0.1, -0.05) is 63.3 Å². The van der Waals surface area contributed by atoms with Gasteiger partial charge in [0.15, 0.2) is 0 Å². The van der Waals surface area contributed by atoms with E-state index in [1.165, 1.54) is 38.3 Å². The maximum Gasteiger partial charge on any atom is 0.339 e. The number of carbonyl (C=O) groups is 1. The molecule has 35 heavy (non-hydrogen) atoms. The fraction of sp³-hybridized carbons (Fsp3) is 0.467. The minimum atomic E-state index is -1.03. The molecule has 2 aliphatic rings. The standard InChI is InChI=1S/C30H38N2O3/c1-3-9-24-18-27(24)29(28(19-31)30(33)34)32-25-14-7-12-22(16-25)23-13-8-15-26(17-23)35-20(2)21-10-5-4-6-11-21/h7-8,12-17,19-21,24,27H,3-6,9-11,18,31H2,1-2H3,(H,33,34)/t20?,24?,27-/m1/s1. The molecule has 2 fully saturated rings. The Morgan fingerprint density at radius 3 is 2.54 bits per heavy atom. The summed E-state index contributed by atoms with van der Waals surface area (Å²) in [6, 6.07) is 16.2. The first-order valence-electron chi connectivity index (χ1n) is 13.1. The highest BCUT2D eigenvalue weighted by Gasteiger charge is 2.42. The molecule has 2 aliphatic carbocycles. The fourth-order valence-corrected chi connectivity index (χ4v) is 5.44. The number of nitrogens with zero attached hydrogens (tertiary/aromatic N) is 1. The van der Waals surface area contributed by atoms with Crippen LogP contribution in [-0.2, 0) is 4.79 Å². The Kier molecular flexibility index (Phi) is 8.27. The van der Waals surface area contributed by atoms with Gasteiger partial charge >= 0.3 is 5.97 Å². The maximum atomic E-state index is 11.8. The molecule has 2 aromatic rings. The SMILES string of the molecule is CCCC1C[C@H]1C(=Nc1cccc(-c2cccc(OC(C)C3CCCCC3)c2)c1)C(=CN)C(=O)O. The second-order valence-corrected chi connectivity index (χ2v) is 10.1. The smallest absolute Gasteiger partial charge is 0.339 e. The molecule has 5 heteroatoms. The molecule has 0 spiro atoms. The largest absolute Gasteiger partial charge is 0.490 e. The van der Waals surface area contributed by atoms with Crippen molar-refractivity contribution < 1.29 is 14.6 Å². The lowest BCUT2D eigenvalue weighted by Crippen LogP contribution is -2.25. The Morgan fingerprint density at radius 1 is 1.14 bits per heavy atom. The van der Waals surface area contributed by atoms with E-state index >= 15 is 0 Å². The number of nitrogens with two attached hydrogens (primary N) is 1. The normalized spacial score (nSPS) is 22.0. The Bertz CT molecular complexity index is 1080. The zero-order valence-electron chi connectivity index (χ0n) is 21.0. The Balaban J connectivity index is 1.56. The van der Waals surface area contributed by atoms with Gasteiger partial charge in [0.1, 0.15) is 5.75 Å². The first-order chi connectivity index (χ1) is 17.0. The quantitative estimate of drug-likeness (QED) is 0.283. The summed E-state index contributed by atoms with van der Waals surface area (Å²) in [5.41, 5.74) is 9.22. The first kappa shape index (κ1) is 25.0. The topological polar surface area (TPSA) is 84.9 Å². The Morgan fingerprint density at radius 2 is 1.86 bits per heavy atom. The summed E-state index contributed by atoms with van der Waals surface area (Å²) in [5, 5.41) is 9.70. The van der Waals surface area contributed by atoms with Crippen LogP contribution in [0.25, 0.3) is 11.1 Å². The summed E-state index contributed by atoms with van der Waals surface area (Å²) in [4.78, 5) is 16.7. The van der Waals surface area contributed by atoms with E-state index < -0.39 is 5.97 Å². The zero-order chi connectivity index (χ0) is 24.8. The van der Waals surface area contributed by atoms with Crippen LogP contribution in [0, 0.1) is 17.8 Å². The van der Waals surface area contributed by atoms with Gasteiger partial charge in [0, 0.05) is 12.1 Å². The van der Waals surface area contributed by atoms with Crippen LogP contribution in [0.5, 0.6) is 5.75 Å². The van der Waals surface area contributed by atoms with Gasteiger partial charge in [0.2, 0.25) is 0 Å². The predicted octanol–water partition coefficient (Wildman–Crippen LogP) is 7.14. The van der Waals surface area contributed by atoms with Crippen LogP contribution < -0.4 is 10.5 Å². The molecular formula is C30H38N2O3. The molecule has 0 amide bonds. The molecule has 4 rings (SSSR count). The summed E-state index contributed by atoms with van der Waals surface area (Å²) in [6.45, 7) is 4.34. The molecule has 0 radical (unpaired) electrons. The highest BCUT2D eigenvalue weighted by molar-refractivity contribution is 6.21. The van der Waals surface area contributed by atoms with Crippen LogP contribution >= 0.6 is 0 Å². The third-order valence-electron chi connectivity index (χ3n) is 7.51. The van der Waals surface area contributed by atoms with E-state index in [1.54, 1.807) is 0 Å². The number of carboxylic acids is 1. The average Bonchev–Trinajstić information content (AvgIpc) is 3.64. The van der Waals surface area contributed by atoms with Crippen molar-refractivity contribution in [3.63, 3.8) is 0 Å². The molecule has 0 aromatic heterocycles. The summed E-state index contributed by atoms with van der Waals surface area (Å²) in [5.74, 6) is 1.12. The highest BCUT2D eigenvalue weighted by Crippen LogP contribution is 2.45. The number of aliphatic carboxylic acids is 1. The molecule has 186 valence electrons. The van der Waals surface area contributed by atoms with Crippen LogP contribution in [-0.4, -0.2) is 22.9 Å². The van der Waals surface area contributed by atoms with E-state index in [0.29, 0.717) is 17.5 Å². The maximum absolute atomic E-state index is 11.8. The van der Waals surface area contributed by atoms with Gasteiger partial charge < -0.3 is 15.6 Å². The van der Waals surface area contributed by atoms with Crippen LogP contribution in [0.1, 0.15) is 65.2 Å². The van der Waals surface area contributed by atoms with Gasteiger partial charge in [0.25, 0.3) is 0 Å². The molecule has 2 aromatic carbocycles. The molecule has 5 nitrogen and oxygen atoms in total. The van der Waals surface area contributed by atoms with Crippen molar-refractivity contribution in [2.75, 3.05) is 0 Å². The van der Waals surface area contributed by atoms with Crippen molar-refractivity contribution in [1.29, 1.82) is 0 Å². The van der Waals surface area contributed by atoms with Gasteiger partial charge in [-0.25, -0.2) is 4.79 Å². The van der Waals surface area contributed by atoms with E-state index in [2.05, 4.69) is 32.0 Å². The first-order valence-corrected chi connectivity index (χ1v) is 13.1. The number of hydrogen-bond donors (Lipinski definition) is 2. The Labute approximate surface area is 209 Å². The van der Waals surface area contributed by atoms with Gasteiger partial charge in [-0.05, 0) is 73.4 Å². The predicted molar refractivity (Wildman–Crippen MR) is 142 cm³/mol. The monoisotopic (exact) mass is 474 g/mol. The van der Waals surface area contributed by atoms with E-state index in [1.807, 2.05) is 30.3 Å². The Hall–Kier alpha value is -3.08. The summed E-state index contributed by atoms with van der Waals surface area (Å²) in [6.07, 6.45) is 11.0. The molecule has 3 atom stereocenters. The lowest BCUT2D eigenvalue weighted by atomic mass is 9.86. The molecule has 2 unspecified atom stereocenters. The lowest BCUT2D eigenvalue weighted by molar-refractivity contribution is -0.132. The van der Waals surface area contributed by atoms with Crippen molar-refractivity contribution in [1.82, 2.24) is 0 Å².